The number of rotatable bonds is 3. The van der Waals surface area contributed by atoms with Gasteiger partial charge < -0.3 is 4.74 Å². The van der Waals surface area contributed by atoms with Crippen molar-refractivity contribution < 1.29 is 13.2 Å². The van der Waals surface area contributed by atoms with E-state index in [9.17, 15) is 8.42 Å². The van der Waals surface area contributed by atoms with Crippen molar-refractivity contribution in [2.45, 2.75) is 38.0 Å². The molecule has 0 amide bonds. The van der Waals surface area contributed by atoms with Crippen LogP contribution in [0.25, 0.3) is 0 Å². The highest BCUT2D eigenvalue weighted by atomic mass is 79.9. The molecule has 0 aromatic heterocycles. The summed E-state index contributed by atoms with van der Waals surface area (Å²) in [7, 11) is -3.00. The Balaban J connectivity index is 2.33. The van der Waals surface area contributed by atoms with Gasteiger partial charge in [0.1, 0.15) is 5.75 Å². The maximum Gasteiger partial charge on any atom is 0.151 e. The van der Waals surface area contributed by atoms with Crippen LogP contribution >= 0.6 is 15.9 Å². The molecule has 100 valence electrons. The molecular formula is C13H17BrO3S. The number of sulfone groups is 1. The van der Waals surface area contributed by atoms with Crippen LogP contribution in [-0.4, -0.2) is 20.8 Å². The zero-order chi connectivity index (χ0) is 13.3. The second-order valence-corrected chi connectivity index (χ2v) is 7.82. The lowest BCUT2D eigenvalue weighted by Crippen LogP contribution is -2.22. The van der Waals surface area contributed by atoms with Gasteiger partial charge >= 0.3 is 0 Å². The number of aryl methyl sites for hydroxylation is 1. The molecule has 0 bridgehead atoms. The van der Waals surface area contributed by atoms with Crippen LogP contribution in [0.4, 0.5) is 0 Å². The molecule has 0 aliphatic carbocycles. The predicted octanol–water partition coefficient (Wildman–Crippen LogP) is 3.10. The molecule has 1 aromatic carbocycles. The van der Waals surface area contributed by atoms with Gasteiger partial charge in [0.2, 0.25) is 0 Å². The fourth-order valence-corrected chi connectivity index (χ4v) is 3.66. The maximum atomic E-state index is 11.3. The average Bonchev–Trinajstić information content (AvgIpc) is 2.26. The lowest BCUT2D eigenvalue weighted by Gasteiger charge is -2.26. The fourth-order valence-electron chi connectivity index (χ4n) is 2.25. The summed E-state index contributed by atoms with van der Waals surface area (Å²) in [6, 6.07) is 3.80. The second kappa shape index (κ2) is 5.21. The molecule has 18 heavy (non-hydrogen) atoms. The average molecular weight is 333 g/mol. The zero-order valence-corrected chi connectivity index (χ0v) is 13.0. The summed E-state index contributed by atoms with van der Waals surface area (Å²) in [6.45, 7) is 2.11. The van der Waals surface area contributed by atoms with Gasteiger partial charge in [-0.25, -0.2) is 8.42 Å². The van der Waals surface area contributed by atoms with E-state index in [-0.39, 0.29) is 11.9 Å². The van der Waals surface area contributed by atoms with Gasteiger partial charge in [0.25, 0.3) is 0 Å². The summed E-state index contributed by atoms with van der Waals surface area (Å²) >= 11 is 3.48. The molecule has 1 unspecified atom stereocenters. The van der Waals surface area contributed by atoms with Gasteiger partial charge in [-0.1, -0.05) is 13.0 Å². The van der Waals surface area contributed by atoms with Gasteiger partial charge in [-0.3, -0.25) is 0 Å². The minimum atomic E-state index is -3.00. The second-order valence-electron chi connectivity index (χ2n) is 4.82. The number of benzene rings is 1. The molecule has 1 aliphatic rings. The van der Waals surface area contributed by atoms with E-state index in [0.29, 0.717) is 0 Å². The van der Waals surface area contributed by atoms with E-state index in [4.69, 9.17) is 4.74 Å². The van der Waals surface area contributed by atoms with Gasteiger partial charge in [-0.2, -0.15) is 0 Å². The molecule has 1 atom stereocenters. The Hall–Kier alpha value is -0.550. The third-order valence-electron chi connectivity index (χ3n) is 3.08. The van der Waals surface area contributed by atoms with Gasteiger partial charge in [0.05, 0.1) is 16.3 Å². The van der Waals surface area contributed by atoms with E-state index < -0.39 is 9.84 Å². The first-order valence-corrected chi connectivity index (χ1v) is 8.90. The van der Waals surface area contributed by atoms with Gasteiger partial charge in [-0.05, 0) is 52.4 Å². The van der Waals surface area contributed by atoms with Crippen LogP contribution in [0.1, 0.15) is 30.9 Å². The minimum Gasteiger partial charge on any atom is -0.489 e. The van der Waals surface area contributed by atoms with Crippen molar-refractivity contribution in [2.75, 3.05) is 6.26 Å². The van der Waals surface area contributed by atoms with Crippen LogP contribution in [-0.2, 0) is 22.0 Å². The normalized spacial score (nSPS) is 19.2. The van der Waals surface area contributed by atoms with Crippen LogP contribution in [0.15, 0.2) is 16.6 Å². The smallest absolute Gasteiger partial charge is 0.151 e. The molecule has 1 aromatic rings. The molecule has 1 heterocycles. The molecule has 0 saturated carbocycles. The van der Waals surface area contributed by atoms with E-state index in [0.717, 1.165) is 40.6 Å². The number of hydrogen-bond acceptors (Lipinski definition) is 3. The first-order valence-electron chi connectivity index (χ1n) is 6.04. The molecule has 0 radical (unpaired) electrons. The summed E-state index contributed by atoms with van der Waals surface area (Å²) in [4.78, 5) is 0. The summed E-state index contributed by atoms with van der Waals surface area (Å²) < 4.78 is 29.4. The first-order chi connectivity index (χ1) is 8.39. The van der Waals surface area contributed by atoms with E-state index in [2.05, 4.69) is 22.9 Å². The fraction of sp³-hybridized carbons (Fsp3) is 0.538. The van der Waals surface area contributed by atoms with Crippen molar-refractivity contribution in [3.05, 3.63) is 27.7 Å². The summed E-state index contributed by atoms with van der Waals surface area (Å²) in [5.74, 6) is 0.959. The van der Waals surface area contributed by atoms with E-state index >= 15 is 0 Å². The van der Waals surface area contributed by atoms with Crippen molar-refractivity contribution in [3.63, 3.8) is 0 Å². The number of halogens is 1. The number of ether oxygens (including phenoxy) is 1. The van der Waals surface area contributed by atoms with Crippen molar-refractivity contribution in [2.24, 2.45) is 0 Å². The third kappa shape index (κ3) is 3.26. The minimum absolute atomic E-state index is 0.0795. The number of hydrogen-bond donors (Lipinski definition) is 0. The first kappa shape index (κ1) is 13.9. The van der Waals surface area contributed by atoms with Gasteiger partial charge in [0.15, 0.2) is 9.84 Å². The standard InChI is InChI=1S/C13H17BrO3S/c1-3-11-5-4-10-6-9(8-18(2,15)16)7-12(14)13(10)17-11/h6-7,11H,3-5,8H2,1-2H3. The molecule has 0 N–H and O–H groups in total. The van der Waals surface area contributed by atoms with E-state index in [1.807, 2.05) is 12.1 Å². The lowest BCUT2D eigenvalue weighted by atomic mass is 9.99. The molecule has 2 rings (SSSR count). The summed E-state index contributed by atoms with van der Waals surface area (Å²) in [5, 5.41) is 0. The lowest BCUT2D eigenvalue weighted by molar-refractivity contribution is 0.168. The SMILES string of the molecule is CCC1CCc2cc(CS(C)(=O)=O)cc(Br)c2O1. The highest BCUT2D eigenvalue weighted by Crippen LogP contribution is 2.37. The van der Waals surface area contributed by atoms with Gasteiger partial charge in [0, 0.05) is 6.26 Å². The Morgan fingerprint density at radius 2 is 2.17 bits per heavy atom. The van der Waals surface area contributed by atoms with Crippen molar-refractivity contribution >= 4 is 25.8 Å². The Bertz CT molecular complexity index is 552. The molecular weight excluding hydrogens is 316 g/mol. The highest BCUT2D eigenvalue weighted by Gasteiger charge is 2.21. The van der Waals surface area contributed by atoms with Crippen LogP contribution in [0.5, 0.6) is 5.75 Å². The third-order valence-corrected chi connectivity index (χ3v) is 4.53. The van der Waals surface area contributed by atoms with Crippen LogP contribution in [0.3, 0.4) is 0 Å². The van der Waals surface area contributed by atoms with Crippen molar-refractivity contribution in [1.29, 1.82) is 0 Å². The largest absolute Gasteiger partial charge is 0.489 e. The molecule has 0 spiro atoms. The molecule has 5 heteroatoms. The molecule has 0 saturated heterocycles. The van der Waals surface area contributed by atoms with Crippen molar-refractivity contribution in [3.8, 4) is 5.75 Å². The van der Waals surface area contributed by atoms with Gasteiger partial charge in [-0.15, -0.1) is 0 Å². The highest BCUT2D eigenvalue weighted by molar-refractivity contribution is 9.10. The maximum absolute atomic E-state index is 11.3. The topological polar surface area (TPSA) is 43.4 Å². The van der Waals surface area contributed by atoms with Crippen LogP contribution in [0, 0.1) is 0 Å². The Morgan fingerprint density at radius 3 is 2.78 bits per heavy atom. The Kier molecular flexibility index (Phi) is 4.02. The monoisotopic (exact) mass is 332 g/mol. The van der Waals surface area contributed by atoms with E-state index in [1.165, 1.54) is 6.26 Å². The number of fused-ring (bicyclic) bond motifs is 1. The Labute approximate surface area is 117 Å². The summed E-state index contributed by atoms with van der Waals surface area (Å²) in [6.07, 6.45) is 4.47. The van der Waals surface area contributed by atoms with Crippen LogP contribution < -0.4 is 4.74 Å². The zero-order valence-electron chi connectivity index (χ0n) is 10.6. The Morgan fingerprint density at radius 1 is 1.44 bits per heavy atom. The summed E-state index contributed by atoms with van der Waals surface area (Å²) in [5.41, 5.74) is 1.93. The predicted molar refractivity (Wildman–Crippen MR) is 75.7 cm³/mol. The molecule has 3 nitrogen and oxygen atoms in total. The van der Waals surface area contributed by atoms with Crippen molar-refractivity contribution in [1.82, 2.24) is 0 Å². The van der Waals surface area contributed by atoms with E-state index in [1.54, 1.807) is 0 Å². The quantitative estimate of drug-likeness (QED) is 0.854. The van der Waals surface area contributed by atoms with Crippen LogP contribution in [0.2, 0.25) is 0 Å². The molecule has 0 fully saturated rings. The molecule has 1 aliphatic heterocycles.